The molecule has 1 atom stereocenters. The first-order valence-electron chi connectivity index (χ1n) is 9.25. The fourth-order valence-electron chi connectivity index (χ4n) is 2.81. The number of halogens is 1. The third-order valence-electron chi connectivity index (χ3n) is 4.27. The van der Waals surface area contributed by atoms with E-state index in [1.54, 1.807) is 6.92 Å². The van der Waals surface area contributed by atoms with Gasteiger partial charge >= 0.3 is 5.97 Å². The molecule has 0 amide bonds. The summed E-state index contributed by atoms with van der Waals surface area (Å²) in [5.74, 6) is 0.265. The first-order chi connectivity index (χ1) is 12.9. The predicted molar refractivity (Wildman–Crippen MR) is 114 cm³/mol. The number of pyridine rings is 1. The van der Waals surface area contributed by atoms with Crippen LogP contribution in [0.4, 0.5) is 0 Å². The number of aromatic nitrogens is 1. The van der Waals surface area contributed by atoms with Crippen LogP contribution in [0.15, 0.2) is 34.9 Å². The second-order valence-electron chi connectivity index (χ2n) is 8.29. The monoisotopic (exact) mass is 448 g/mol. The van der Waals surface area contributed by atoms with Gasteiger partial charge in [-0.25, -0.2) is 4.98 Å². The lowest BCUT2D eigenvalue weighted by Gasteiger charge is -2.29. The number of hydrogen-bond donors (Lipinski definition) is 1. The van der Waals surface area contributed by atoms with Crippen molar-refractivity contribution in [3.63, 3.8) is 0 Å². The number of hydrogen-bond acceptors (Lipinski definition) is 5. The first kappa shape index (κ1) is 22.4. The van der Waals surface area contributed by atoms with Crippen molar-refractivity contribution < 1.29 is 14.3 Å². The minimum Gasteiger partial charge on any atom is -0.487 e. The highest BCUT2D eigenvalue weighted by molar-refractivity contribution is 9.10. The summed E-state index contributed by atoms with van der Waals surface area (Å²) in [4.78, 5) is 17.1. The van der Waals surface area contributed by atoms with Gasteiger partial charge in [0.1, 0.15) is 28.1 Å². The summed E-state index contributed by atoms with van der Waals surface area (Å²) < 4.78 is 12.2. The zero-order valence-corrected chi connectivity index (χ0v) is 19.0. The molecule has 2 aromatic rings. The number of nitrogens with two attached hydrogens (primary N) is 1. The fourth-order valence-corrected chi connectivity index (χ4v) is 3.51. The molecule has 1 unspecified atom stereocenters. The van der Waals surface area contributed by atoms with Crippen LogP contribution >= 0.6 is 15.9 Å². The Labute approximate surface area is 175 Å². The van der Waals surface area contributed by atoms with E-state index >= 15 is 0 Å². The molecular weight excluding hydrogens is 420 g/mol. The second-order valence-corrected chi connectivity index (χ2v) is 9.04. The van der Waals surface area contributed by atoms with Crippen molar-refractivity contribution in [1.29, 1.82) is 0 Å². The Morgan fingerprint density at radius 3 is 2.32 bits per heavy atom. The van der Waals surface area contributed by atoms with Gasteiger partial charge in [-0.05, 0) is 74.2 Å². The van der Waals surface area contributed by atoms with E-state index in [2.05, 4.69) is 20.9 Å². The second kappa shape index (κ2) is 8.62. The molecule has 0 aliphatic rings. The maximum atomic E-state index is 12.6. The third kappa shape index (κ3) is 5.79. The van der Waals surface area contributed by atoms with Crippen LogP contribution < -0.4 is 10.5 Å². The van der Waals surface area contributed by atoms with E-state index in [1.165, 1.54) is 0 Å². The Bertz CT molecular complexity index is 843. The summed E-state index contributed by atoms with van der Waals surface area (Å²) >= 11 is 3.52. The van der Waals surface area contributed by atoms with Crippen LogP contribution in [0.2, 0.25) is 0 Å². The van der Waals surface area contributed by atoms with Crippen molar-refractivity contribution >= 4 is 21.9 Å². The quantitative estimate of drug-likeness (QED) is 0.514. The van der Waals surface area contributed by atoms with Crippen molar-refractivity contribution in [2.24, 2.45) is 5.73 Å². The number of rotatable bonds is 6. The van der Waals surface area contributed by atoms with E-state index in [-0.39, 0.29) is 6.42 Å². The van der Waals surface area contributed by atoms with Crippen LogP contribution in [0, 0.1) is 13.8 Å². The number of aryl methyl sites for hydroxylation is 1. The lowest BCUT2D eigenvalue weighted by atomic mass is 9.91. The normalized spacial score (nSPS) is 13.7. The van der Waals surface area contributed by atoms with Gasteiger partial charge < -0.3 is 15.2 Å². The van der Waals surface area contributed by atoms with Gasteiger partial charge in [0.25, 0.3) is 0 Å². The molecule has 2 rings (SSSR count). The van der Waals surface area contributed by atoms with Crippen molar-refractivity contribution in [3.05, 3.63) is 57.3 Å². The first-order valence-corrected chi connectivity index (χ1v) is 10.0. The number of benzene rings is 1. The Morgan fingerprint density at radius 2 is 1.75 bits per heavy atom. The maximum Gasteiger partial charge on any atom is 0.326 e. The predicted octanol–water partition coefficient (Wildman–Crippen LogP) is 4.64. The van der Waals surface area contributed by atoms with Crippen molar-refractivity contribution in [2.75, 3.05) is 0 Å². The van der Waals surface area contributed by atoms with Gasteiger partial charge in [0, 0.05) is 6.42 Å². The Morgan fingerprint density at radius 1 is 1.14 bits per heavy atom. The van der Waals surface area contributed by atoms with Crippen LogP contribution in [0.5, 0.6) is 5.75 Å². The average Bonchev–Trinajstić information content (AvgIpc) is 2.58. The topological polar surface area (TPSA) is 74.4 Å². The van der Waals surface area contributed by atoms with Crippen molar-refractivity contribution in [2.45, 2.75) is 65.7 Å². The van der Waals surface area contributed by atoms with Gasteiger partial charge in [0.2, 0.25) is 0 Å². The van der Waals surface area contributed by atoms with Gasteiger partial charge in [-0.2, -0.15) is 0 Å². The number of carbonyl (C=O) groups excluding carboxylic acids is 1. The number of esters is 1. The van der Waals surface area contributed by atoms with Gasteiger partial charge in [-0.1, -0.05) is 30.3 Å². The molecule has 1 heterocycles. The highest BCUT2D eigenvalue weighted by Crippen LogP contribution is 2.32. The molecule has 1 aromatic carbocycles. The molecule has 0 aliphatic carbocycles. The molecule has 5 nitrogen and oxygen atoms in total. The Kier molecular flexibility index (Phi) is 6.88. The number of nitrogens with zero attached hydrogens (tertiary/aromatic N) is 1. The minimum atomic E-state index is -1.19. The molecule has 0 aliphatic heterocycles. The summed E-state index contributed by atoms with van der Waals surface area (Å²) in [5, 5.41) is 0. The summed E-state index contributed by atoms with van der Waals surface area (Å²) in [6.45, 7) is 11.5. The number of ether oxygens (including phenoxy) is 2. The van der Waals surface area contributed by atoms with E-state index in [4.69, 9.17) is 15.2 Å². The standard InChI is InChI=1S/C22H29BrN2O3/c1-14-17(12-22(6,24)20(26)28-21(3,4)5)19(23)25-15(2)18(14)27-13-16-10-8-7-9-11-16/h7-11H,12-13,24H2,1-6H3. The SMILES string of the molecule is Cc1nc(Br)c(CC(C)(N)C(=O)OC(C)(C)C)c(C)c1OCc1ccccc1. The molecule has 0 bridgehead atoms. The Hall–Kier alpha value is -1.92. The summed E-state index contributed by atoms with van der Waals surface area (Å²) in [6.07, 6.45) is 0.281. The summed E-state index contributed by atoms with van der Waals surface area (Å²) in [5.41, 5.74) is 8.14. The number of carbonyl (C=O) groups is 1. The van der Waals surface area contributed by atoms with Crippen LogP contribution in [0.1, 0.15) is 50.1 Å². The molecule has 2 N–H and O–H groups in total. The largest absolute Gasteiger partial charge is 0.487 e. The molecular formula is C22H29BrN2O3. The van der Waals surface area contributed by atoms with Crippen molar-refractivity contribution in [1.82, 2.24) is 4.98 Å². The van der Waals surface area contributed by atoms with Crippen LogP contribution in [0.25, 0.3) is 0 Å². The van der Waals surface area contributed by atoms with Crippen molar-refractivity contribution in [3.8, 4) is 5.75 Å². The third-order valence-corrected chi connectivity index (χ3v) is 4.93. The highest BCUT2D eigenvalue weighted by atomic mass is 79.9. The van der Waals surface area contributed by atoms with Gasteiger partial charge in [0.05, 0.1) is 5.69 Å². The van der Waals surface area contributed by atoms with E-state index in [0.717, 1.165) is 22.4 Å². The molecule has 0 saturated heterocycles. The van der Waals surface area contributed by atoms with Crippen LogP contribution in [0.3, 0.4) is 0 Å². The maximum absolute atomic E-state index is 12.6. The molecule has 152 valence electrons. The molecule has 6 heteroatoms. The van der Waals surface area contributed by atoms with E-state index in [1.807, 2.05) is 65.0 Å². The molecule has 1 aromatic heterocycles. The highest BCUT2D eigenvalue weighted by Gasteiger charge is 2.35. The van der Waals surface area contributed by atoms with Gasteiger partial charge in [0.15, 0.2) is 0 Å². The van der Waals surface area contributed by atoms with Crippen LogP contribution in [-0.4, -0.2) is 22.1 Å². The molecule has 0 saturated carbocycles. The summed E-state index contributed by atoms with van der Waals surface area (Å²) in [6, 6.07) is 9.95. The smallest absolute Gasteiger partial charge is 0.326 e. The summed E-state index contributed by atoms with van der Waals surface area (Å²) in [7, 11) is 0. The molecule has 28 heavy (non-hydrogen) atoms. The van der Waals surface area contributed by atoms with E-state index in [9.17, 15) is 4.79 Å². The fraction of sp³-hybridized carbons (Fsp3) is 0.455. The van der Waals surface area contributed by atoms with Gasteiger partial charge in [-0.15, -0.1) is 0 Å². The van der Waals surface area contributed by atoms with E-state index < -0.39 is 17.1 Å². The Balaban J connectivity index is 2.28. The molecule has 0 spiro atoms. The van der Waals surface area contributed by atoms with E-state index in [0.29, 0.717) is 17.0 Å². The molecule has 0 fully saturated rings. The lowest BCUT2D eigenvalue weighted by molar-refractivity contribution is -0.160. The lowest BCUT2D eigenvalue weighted by Crippen LogP contribution is -2.50. The average molecular weight is 449 g/mol. The van der Waals surface area contributed by atoms with Crippen LogP contribution in [-0.2, 0) is 22.6 Å². The zero-order valence-electron chi connectivity index (χ0n) is 17.4. The minimum absolute atomic E-state index is 0.281. The van der Waals surface area contributed by atoms with Gasteiger partial charge in [-0.3, -0.25) is 4.79 Å². The zero-order chi connectivity index (χ0) is 21.1. The molecule has 0 radical (unpaired) electrons.